The lowest BCUT2D eigenvalue weighted by molar-refractivity contribution is -0.384. The Kier molecular flexibility index (Phi) is 9.35. The molecule has 3 N–H and O–H groups in total. The number of aryl methyl sites for hydroxylation is 1. The van der Waals surface area contributed by atoms with Crippen molar-refractivity contribution in [3.05, 3.63) is 75.8 Å². The summed E-state index contributed by atoms with van der Waals surface area (Å²) in [6.45, 7) is 5.11. The van der Waals surface area contributed by atoms with Gasteiger partial charge in [0.15, 0.2) is 0 Å². The number of nitro benzene ring substituents is 1. The van der Waals surface area contributed by atoms with E-state index in [1.165, 1.54) is 12.1 Å². The number of carbonyl (C=O) groups is 2. The van der Waals surface area contributed by atoms with E-state index in [-0.39, 0.29) is 18.5 Å². The SMILES string of the molecule is CC(C)(C)OC(=O)NNC(=O)[C@H](Cc1ccc([N+](=O)[O-])cc1)C[C@@H](O)CCc1ccccc1. The molecule has 0 heterocycles. The Morgan fingerprint density at radius 2 is 1.67 bits per heavy atom. The van der Waals surface area contributed by atoms with E-state index in [2.05, 4.69) is 10.9 Å². The summed E-state index contributed by atoms with van der Waals surface area (Å²) < 4.78 is 5.11. The van der Waals surface area contributed by atoms with Gasteiger partial charge in [-0.05, 0) is 57.6 Å². The fourth-order valence-electron chi connectivity index (χ4n) is 3.26. The van der Waals surface area contributed by atoms with Crippen molar-refractivity contribution in [1.82, 2.24) is 10.9 Å². The van der Waals surface area contributed by atoms with E-state index in [0.717, 1.165) is 5.56 Å². The van der Waals surface area contributed by atoms with Gasteiger partial charge in [-0.2, -0.15) is 0 Å². The number of hydrazine groups is 1. The second-order valence-corrected chi connectivity index (χ2v) is 8.85. The highest BCUT2D eigenvalue weighted by molar-refractivity contribution is 5.81. The summed E-state index contributed by atoms with van der Waals surface area (Å²) in [6.07, 6.45) is -0.0269. The average molecular weight is 458 g/mol. The molecule has 0 aliphatic rings. The number of ether oxygens (including phenoxy) is 1. The van der Waals surface area contributed by atoms with Crippen LogP contribution in [0.25, 0.3) is 0 Å². The van der Waals surface area contributed by atoms with E-state index in [9.17, 15) is 24.8 Å². The summed E-state index contributed by atoms with van der Waals surface area (Å²) >= 11 is 0. The van der Waals surface area contributed by atoms with Gasteiger partial charge in [-0.15, -0.1) is 0 Å². The van der Waals surface area contributed by atoms with E-state index in [1.807, 2.05) is 30.3 Å². The molecule has 2 aromatic carbocycles. The molecule has 0 aromatic heterocycles. The minimum atomic E-state index is -0.797. The first kappa shape index (κ1) is 25.8. The summed E-state index contributed by atoms with van der Waals surface area (Å²) in [5, 5.41) is 21.5. The molecule has 2 amide bonds. The zero-order chi connectivity index (χ0) is 24.4. The molecule has 2 atom stereocenters. The monoisotopic (exact) mass is 457 g/mol. The Balaban J connectivity index is 2.03. The summed E-state index contributed by atoms with van der Waals surface area (Å²) in [4.78, 5) is 35.1. The van der Waals surface area contributed by atoms with E-state index < -0.39 is 34.5 Å². The Bertz CT molecular complexity index is 925. The zero-order valence-corrected chi connectivity index (χ0v) is 19.1. The van der Waals surface area contributed by atoms with Crippen molar-refractivity contribution in [2.24, 2.45) is 5.92 Å². The summed E-state index contributed by atoms with van der Waals surface area (Å²) in [5.41, 5.74) is 5.60. The van der Waals surface area contributed by atoms with Gasteiger partial charge in [0.1, 0.15) is 5.60 Å². The molecule has 0 saturated heterocycles. The number of nitrogens with one attached hydrogen (secondary N) is 2. The van der Waals surface area contributed by atoms with Crippen LogP contribution in [0, 0.1) is 16.0 Å². The third kappa shape index (κ3) is 9.69. The molecule has 0 unspecified atom stereocenters. The molecule has 0 fully saturated rings. The third-order valence-corrected chi connectivity index (χ3v) is 4.85. The molecule has 0 saturated carbocycles. The van der Waals surface area contributed by atoms with Crippen LogP contribution >= 0.6 is 0 Å². The van der Waals surface area contributed by atoms with Gasteiger partial charge in [0.05, 0.1) is 11.0 Å². The van der Waals surface area contributed by atoms with Crippen LogP contribution in [0.1, 0.15) is 44.7 Å². The molecule has 0 spiro atoms. The molecular weight excluding hydrogens is 426 g/mol. The molecule has 2 aromatic rings. The fourth-order valence-corrected chi connectivity index (χ4v) is 3.26. The Morgan fingerprint density at radius 3 is 2.24 bits per heavy atom. The maximum Gasteiger partial charge on any atom is 0.426 e. The van der Waals surface area contributed by atoms with Crippen LogP contribution in [0.2, 0.25) is 0 Å². The topological polar surface area (TPSA) is 131 Å². The van der Waals surface area contributed by atoms with Crippen LogP contribution < -0.4 is 10.9 Å². The smallest absolute Gasteiger partial charge is 0.426 e. The summed E-state index contributed by atoms with van der Waals surface area (Å²) in [5.74, 6) is -1.16. The average Bonchev–Trinajstić information content (AvgIpc) is 2.75. The van der Waals surface area contributed by atoms with Crippen LogP contribution in [0.3, 0.4) is 0 Å². The zero-order valence-electron chi connectivity index (χ0n) is 19.1. The first-order valence-corrected chi connectivity index (χ1v) is 10.8. The van der Waals surface area contributed by atoms with E-state index in [0.29, 0.717) is 18.4 Å². The number of aliphatic hydroxyl groups is 1. The second kappa shape index (κ2) is 12.0. The Labute approximate surface area is 193 Å². The van der Waals surface area contributed by atoms with Gasteiger partial charge in [0, 0.05) is 18.1 Å². The predicted molar refractivity (Wildman–Crippen MR) is 123 cm³/mol. The first-order valence-electron chi connectivity index (χ1n) is 10.8. The van der Waals surface area contributed by atoms with Gasteiger partial charge in [-0.1, -0.05) is 42.5 Å². The van der Waals surface area contributed by atoms with Crippen molar-refractivity contribution in [3.63, 3.8) is 0 Å². The van der Waals surface area contributed by atoms with E-state index in [4.69, 9.17) is 4.74 Å². The van der Waals surface area contributed by atoms with Crippen molar-refractivity contribution in [1.29, 1.82) is 0 Å². The van der Waals surface area contributed by atoms with Crippen molar-refractivity contribution in [3.8, 4) is 0 Å². The Morgan fingerprint density at radius 1 is 1.03 bits per heavy atom. The standard InChI is InChI=1S/C24H31N3O6/c1-24(2,3)33-23(30)26-25-22(29)19(15-18-9-12-20(13-10-18)27(31)32)16-21(28)14-11-17-7-5-4-6-8-17/h4-10,12-13,19,21,28H,11,14-16H2,1-3H3,(H,25,29)(H,26,30)/t19-,21+/m1/s1. The molecule has 9 nitrogen and oxygen atoms in total. The number of rotatable bonds is 9. The molecule has 9 heteroatoms. The van der Waals surface area contributed by atoms with E-state index >= 15 is 0 Å². The molecule has 0 bridgehead atoms. The highest BCUT2D eigenvalue weighted by Gasteiger charge is 2.24. The quantitative estimate of drug-likeness (QED) is 0.389. The van der Waals surface area contributed by atoms with Crippen LogP contribution in [0.4, 0.5) is 10.5 Å². The number of nitro groups is 1. The van der Waals surface area contributed by atoms with Gasteiger partial charge < -0.3 is 9.84 Å². The highest BCUT2D eigenvalue weighted by Crippen LogP contribution is 2.20. The first-order chi connectivity index (χ1) is 15.5. The molecule has 0 aliphatic heterocycles. The van der Waals surface area contributed by atoms with Gasteiger partial charge in [-0.25, -0.2) is 10.2 Å². The maximum atomic E-state index is 12.8. The molecule has 2 rings (SSSR count). The third-order valence-electron chi connectivity index (χ3n) is 4.85. The van der Waals surface area contributed by atoms with Crippen LogP contribution in [-0.4, -0.2) is 33.7 Å². The summed E-state index contributed by atoms with van der Waals surface area (Å²) in [6, 6.07) is 15.6. The number of benzene rings is 2. The molecule has 0 radical (unpaired) electrons. The van der Waals surface area contributed by atoms with Crippen molar-refractivity contribution < 1.29 is 24.4 Å². The summed E-state index contributed by atoms with van der Waals surface area (Å²) in [7, 11) is 0. The van der Waals surface area contributed by atoms with Crippen LogP contribution in [-0.2, 0) is 22.4 Å². The van der Waals surface area contributed by atoms with Gasteiger partial charge in [0.25, 0.3) is 5.69 Å². The van der Waals surface area contributed by atoms with Gasteiger partial charge in [0.2, 0.25) is 5.91 Å². The van der Waals surface area contributed by atoms with Crippen molar-refractivity contribution >= 4 is 17.7 Å². The Hall–Kier alpha value is -3.46. The molecule has 33 heavy (non-hydrogen) atoms. The largest absolute Gasteiger partial charge is 0.443 e. The second-order valence-electron chi connectivity index (χ2n) is 8.85. The van der Waals surface area contributed by atoms with Crippen molar-refractivity contribution in [2.45, 2.75) is 58.2 Å². The van der Waals surface area contributed by atoms with Crippen LogP contribution in [0.5, 0.6) is 0 Å². The lowest BCUT2D eigenvalue weighted by Gasteiger charge is -2.22. The number of hydrogen-bond donors (Lipinski definition) is 3. The molecule has 178 valence electrons. The van der Waals surface area contributed by atoms with Crippen LogP contribution in [0.15, 0.2) is 54.6 Å². The number of aliphatic hydroxyl groups excluding tert-OH is 1. The molecular formula is C24H31N3O6. The number of carbonyl (C=O) groups excluding carboxylic acids is 2. The molecule has 0 aliphatic carbocycles. The number of nitrogens with zero attached hydrogens (tertiary/aromatic N) is 1. The normalized spacial score (nSPS) is 13.0. The predicted octanol–water partition coefficient (Wildman–Crippen LogP) is 3.69. The maximum absolute atomic E-state index is 12.8. The number of amides is 2. The lowest BCUT2D eigenvalue weighted by atomic mass is 9.91. The highest BCUT2D eigenvalue weighted by atomic mass is 16.6. The minimum absolute atomic E-state index is 0.0470. The number of hydrogen-bond acceptors (Lipinski definition) is 6. The number of non-ortho nitro benzene ring substituents is 1. The van der Waals surface area contributed by atoms with Gasteiger partial charge in [-0.3, -0.25) is 20.3 Å². The van der Waals surface area contributed by atoms with E-state index in [1.54, 1.807) is 32.9 Å². The van der Waals surface area contributed by atoms with Crippen molar-refractivity contribution in [2.75, 3.05) is 0 Å². The minimum Gasteiger partial charge on any atom is -0.443 e. The fraction of sp³-hybridized carbons (Fsp3) is 0.417. The lowest BCUT2D eigenvalue weighted by Crippen LogP contribution is -2.47. The van der Waals surface area contributed by atoms with Gasteiger partial charge >= 0.3 is 6.09 Å².